The van der Waals surface area contributed by atoms with Gasteiger partial charge in [0.2, 0.25) is 0 Å². The van der Waals surface area contributed by atoms with E-state index in [1.165, 1.54) is 0 Å². The van der Waals surface area contributed by atoms with Gasteiger partial charge in [-0.1, -0.05) is 29.8 Å². The predicted octanol–water partition coefficient (Wildman–Crippen LogP) is 5.10. The van der Waals surface area contributed by atoms with Gasteiger partial charge in [-0.05, 0) is 38.1 Å². The number of nitrogens with one attached hydrogen (secondary N) is 1. The van der Waals surface area contributed by atoms with E-state index in [2.05, 4.69) is 10.3 Å². The Hall–Kier alpha value is -2.53. The van der Waals surface area contributed by atoms with Crippen LogP contribution in [0, 0.1) is 0 Å². The monoisotopic (exact) mass is 343 g/mol. The maximum absolute atomic E-state index is 12.6. The fourth-order valence-corrected chi connectivity index (χ4v) is 2.79. The average molecular weight is 344 g/mol. The van der Waals surface area contributed by atoms with Gasteiger partial charge in [-0.15, -0.1) is 0 Å². The lowest BCUT2D eigenvalue weighted by Gasteiger charge is -2.26. The summed E-state index contributed by atoms with van der Waals surface area (Å²) in [6.45, 7) is 4.39. The number of pyridine rings is 1. The lowest BCUT2D eigenvalue weighted by molar-refractivity contribution is 0.189. The number of hydrogen-bond donors (Lipinski definition) is 1. The van der Waals surface area contributed by atoms with Crippen LogP contribution >= 0.6 is 11.6 Å². The third-order valence-corrected chi connectivity index (χ3v) is 4.23. The summed E-state index contributed by atoms with van der Waals surface area (Å²) in [4.78, 5) is 18.3. The summed E-state index contributed by atoms with van der Waals surface area (Å²) >= 11 is 6.00. The van der Waals surface area contributed by atoms with Crippen molar-refractivity contribution >= 4 is 34.3 Å². The van der Waals surface area contributed by atoms with E-state index >= 15 is 0 Å². The molecule has 6 heteroatoms. The van der Waals surface area contributed by atoms with Gasteiger partial charge in [0.1, 0.15) is 11.3 Å². The largest absolute Gasteiger partial charge is 0.459 e. The second-order valence-electron chi connectivity index (χ2n) is 5.42. The van der Waals surface area contributed by atoms with Crippen LogP contribution in [0.25, 0.3) is 11.0 Å². The molecule has 0 fully saturated rings. The van der Waals surface area contributed by atoms with Crippen molar-refractivity contribution in [1.82, 2.24) is 9.88 Å². The van der Waals surface area contributed by atoms with Gasteiger partial charge in [-0.25, -0.2) is 9.78 Å². The molecule has 0 saturated carbocycles. The number of urea groups is 1. The van der Waals surface area contributed by atoms with Crippen molar-refractivity contribution in [2.24, 2.45) is 0 Å². The molecule has 1 aromatic carbocycles. The number of nitrogens with zero attached hydrogens (tertiary/aromatic N) is 2. The summed E-state index contributed by atoms with van der Waals surface area (Å²) < 4.78 is 5.88. The number of para-hydroxylation sites is 1. The quantitative estimate of drug-likeness (QED) is 0.671. The standard InChI is InChI=1S/C18H18ClN3O2/c1-3-22(18(23)21-14-8-6-10-20-17(14)19)12(2)16-11-13-7-4-5-9-15(13)24-16/h4-12H,3H2,1-2H3,(H,21,23)/t12-/m1/s1. The van der Waals surface area contributed by atoms with Gasteiger partial charge in [-0.3, -0.25) is 0 Å². The van der Waals surface area contributed by atoms with Crippen LogP contribution in [0.1, 0.15) is 25.6 Å². The minimum Gasteiger partial charge on any atom is -0.459 e. The molecule has 0 bridgehead atoms. The number of aromatic nitrogens is 1. The van der Waals surface area contributed by atoms with E-state index in [0.29, 0.717) is 12.2 Å². The van der Waals surface area contributed by atoms with Crippen molar-refractivity contribution in [3.8, 4) is 0 Å². The molecule has 1 atom stereocenters. The molecule has 124 valence electrons. The summed E-state index contributed by atoms with van der Waals surface area (Å²) in [6, 6.07) is 12.7. The van der Waals surface area contributed by atoms with Crippen molar-refractivity contribution in [2.45, 2.75) is 19.9 Å². The van der Waals surface area contributed by atoms with Crippen molar-refractivity contribution in [3.63, 3.8) is 0 Å². The summed E-state index contributed by atoms with van der Waals surface area (Å²) in [5.41, 5.74) is 1.30. The summed E-state index contributed by atoms with van der Waals surface area (Å²) in [5, 5.41) is 4.08. The first-order valence-corrected chi connectivity index (χ1v) is 8.14. The minimum atomic E-state index is -0.250. The third kappa shape index (κ3) is 3.21. The van der Waals surface area contributed by atoms with Gasteiger partial charge < -0.3 is 14.6 Å². The van der Waals surface area contributed by atoms with Gasteiger partial charge in [0.15, 0.2) is 5.15 Å². The van der Waals surface area contributed by atoms with E-state index in [0.717, 1.165) is 16.7 Å². The highest BCUT2D eigenvalue weighted by Crippen LogP contribution is 2.28. The zero-order chi connectivity index (χ0) is 17.1. The van der Waals surface area contributed by atoms with E-state index in [1.54, 1.807) is 23.2 Å². The molecule has 0 radical (unpaired) electrons. The molecular formula is C18H18ClN3O2. The Balaban J connectivity index is 1.81. The fraction of sp³-hybridized carbons (Fsp3) is 0.222. The summed E-state index contributed by atoms with van der Waals surface area (Å²) in [5.74, 6) is 0.741. The zero-order valence-corrected chi connectivity index (χ0v) is 14.2. The molecule has 24 heavy (non-hydrogen) atoms. The number of anilines is 1. The Bertz CT molecular complexity index is 829. The molecule has 5 nitrogen and oxygen atoms in total. The molecule has 1 N–H and O–H groups in total. The van der Waals surface area contributed by atoms with Crippen molar-refractivity contribution in [2.75, 3.05) is 11.9 Å². The number of amides is 2. The third-order valence-electron chi connectivity index (χ3n) is 3.93. The summed E-state index contributed by atoms with van der Waals surface area (Å²) in [7, 11) is 0. The van der Waals surface area contributed by atoms with Gasteiger partial charge >= 0.3 is 6.03 Å². The van der Waals surface area contributed by atoms with Crippen LogP contribution in [0.15, 0.2) is 53.1 Å². The van der Waals surface area contributed by atoms with Crippen LogP contribution in [-0.2, 0) is 0 Å². The number of hydrogen-bond acceptors (Lipinski definition) is 3. The second kappa shape index (κ2) is 6.93. The molecule has 0 aliphatic heterocycles. The van der Waals surface area contributed by atoms with E-state index in [1.807, 2.05) is 44.2 Å². The highest BCUT2D eigenvalue weighted by atomic mass is 35.5. The van der Waals surface area contributed by atoms with Crippen LogP contribution in [0.5, 0.6) is 0 Å². The van der Waals surface area contributed by atoms with Crippen molar-refractivity contribution < 1.29 is 9.21 Å². The SMILES string of the molecule is CCN(C(=O)Nc1cccnc1Cl)[C@H](C)c1cc2ccccc2o1. The maximum Gasteiger partial charge on any atom is 0.322 e. The second-order valence-corrected chi connectivity index (χ2v) is 5.78. The first-order chi connectivity index (χ1) is 11.6. The number of carbonyl (C=O) groups is 1. The van der Waals surface area contributed by atoms with Crippen LogP contribution in [-0.4, -0.2) is 22.5 Å². The molecule has 3 aromatic rings. The Morgan fingerprint density at radius 2 is 2.12 bits per heavy atom. The number of carbonyl (C=O) groups excluding carboxylic acids is 1. The molecule has 2 heterocycles. The first-order valence-electron chi connectivity index (χ1n) is 7.76. The Kier molecular flexibility index (Phi) is 4.71. The van der Waals surface area contributed by atoms with Crippen LogP contribution in [0.3, 0.4) is 0 Å². The Morgan fingerprint density at radius 1 is 1.33 bits per heavy atom. The number of fused-ring (bicyclic) bond motifs is 1. The minimum absolute atomic E-state index is 0.210. The summed E-state index contributed by atoms with van der Waals surface area (Å²) in [6.07, 6.45) is 1.58. The highest BCUT2D eigenvalue weighted by molar-refractivity contribution is 6.32. The molecule has 0 aliphatic carbocycles. The van der Waals surface area contributed by atoms with Gasteiger partial charge in [0.25, 0.3) is 0 Å². The smallest absolute Gasteiger partial charge is 0.322 e. The maximum atomic E-state index is 12.6. The Labute approximate surface area is 145 Å². The molecule has 3 rings (SSSR count). The topological polar surface area (TPSA) is 58.4 Å². The lowest BCUT2D eigenvalue weighted by atomic mass is 10.2. The molecule has 2 amide bonds. The molecule has 0 aliphatic rings. The van der Waals surface area contributed by atoms with Crippen LogP contribution in [0.4, 0.5) is 10.5 Å². The van der Waals surface area contributed by atoms with E-state index in [9.17, 15) is 4.79 Å². The molecule has 0 unspecified atom stereocenters. The van der Waals surface area contributed by atoms with Gasteiger partial charge in [0, 0.05) is 18.1 Å². The normalized spacial score (nSPS) is 12.1. The molecule has 2 aromatic heterocycles. The average Bonchev–Trinajstić information content (AvgIpc) is 3.01. The van der Waals surface area contributed by atoms with E-state index in [4.69, 9.17) is 16.0 Å². The van der Waals surface area contributed by atoms with Crippen molar-refractivity contribution in [3.05, 3.63) is 59.6 Å². The Morgan fingerprint density at radius 3 is 2.83 bits per heavy atom. The highest BCUT2D eigenvalue weighted by Gasteiger charge is 2.23. The van der Waals surface area contributed by atoms with E-state index < -0.39 is 0 Å². The number of rotatable bonds is 4. The lowest BCUT2D eigenvalue weighted by Crippen LogP contribution is -2.36. The number of halogens is 1. The zero-order valence-electron chi connectivity index (χ0n) is 13.5. The van der Waals surface area contributed by atoms with Gasteiger partial charge in [-0.2, -0.15) is 0 Å². The molecular weight excluding hydrogens is 326 g/mol. The molecule has 0 spiro atoms. The van der Waals surface area contributed by atoms with E-state index in [-0.39, 0.29) is 17.2 Å². The van der Waals surface area contributed by atoms with Crippen LogP contribution in [0.2, 0.25) is 5.15 Å². The van der Waals surface area contributed by atoms with Gasteiger partial charge in [0.05, 0.1) is 11.7 Å². The fourth-order valence-electron chi connectivity index (χ4n) is 2.62. The first kappa shape index (κ1) is 16.3. The number of benzene rings is 1. The van der Waals surface area contributed by atoms with Crippen molar-refractivity contribution in [1.29, 1.82) is 0 Å². The van der Waals surface area contributed by atoms with Crippen LogP contribution < -0.4 is 5.32 Å². The number of furan rings is 1. The predicted molar refractivity (Wildman–Crippen MR) is 95.3 cm³/mol. The molecule has 0 saturated heterocycles.